The molecule has 4 rings (SSSR count). The molecule has 0 saturated carbocycles. The van der Waals surface area contributed by atoms with Crippen molar-refractivity contribution < 1.29 is 4.79 Å². The topological polar surface area (TPSA) is 63.1 Å². The molecule has 2 aliphatic rings. The van der Waals surface area contributed by atoms with Gasteiger partial charge in [0, 0.05) is 31.7 Å². The van der Waals surface area contributed by atoms with Gasteiger partial charge in [0.15, 0.2) is 0 Å². The van der Waals surface area contributed by atoms with E-state index in [0.717, 1.165) is 43.6 Å². The van der Waals surface area contributed by atoms with Gasteiger partial charge in [0.2, 0.25) is 5.91 Å². The molecule has 0 aromatic carbocycles. The van der Waals surface area contributed by atoms with Crippen LogP contribution in [0.25, 0.3) is 0 Å². The van der Waals surface area contributed by atoms with Gasteiger partial charge in [-0.05, 0) is 56.7 Å². The number of likely N-dealkylation sites (tertiary alicyclic amines) is 1. The van der Waals surface area contributed by atoms with Gasteiger partial charge in [-0.1, -0.05) is 6.07 Å². The first-order valence-electron chi connectivity index (χ1n) is 9.66. The molecular formula is C20H27N5O. The zero-order valence-corrected chi connectivity index (χ0v) is 15.4. The first-order valence-corrected chi connectivity index (χ1v) is 9.66. The third-order valence-electron chi connectivity index (χ3n) is 5.63. The van der Waals surface area contributed by atoms with Crippen molar-refractivity contribution in [2.45, 2.75) is 51.1 Å². The molecule has 6 heteroatoms. The number of hydrogen-bond acceptors (Lipinski definition) is 4. The van der Waals surface area contributed by atoms with Gasteiger partial charge < -0.3 is 9.88 Å². The molecule has 1 aliphatic heterocycles. The Bertz CT molecular complexity index is 770. The van der Waals surface area contributed by atoms with E-state index in [1.54, 1.807) is 12.4 Å². The molecule has 1 N–H and O–H groups in total. The third-order valence-corrected chi connectivity index (χ3v) is 5.63. The van der Waals surface area contributed by atoms with Crippen LogP contribution < -0.4 is 5.32 Å². The van der Waals surface area contributed by atoms with Crippen LogP contribution in [-0.2, 0) is 31.2 Å². The van der Waals surface area contributed by atoms with Gasteiger partial charge in [0.1, 0.15) is 5.82 Å². The molecule has 0 spiro atoms. The molecule has 2 aromatic rings. The molecule has 2 aromatic heterocycles. The highest BCUT2D eigenvalue weighted by Gasteiger charge is 2.32. The second-order valence-corrected chi connectivity index (χ2v) is 7.40. The zero-order valence-electron chi connectivity index (χ0n) is 15.4. The van der Waals surface area contributed by atoms with Gasteiger partial charge in [0.25, 0.3) is 0 Å². The molecule has 3 heterocycles. The van der Waals surface area contributed by atoms with E-state index in [1.165, 1.54) is 24.2 Å². The third kappa shape index (κ3) is 3.51. The Morgan fingerprint density at radius 1 is 1.31 bits per heavy atom. The summed E-state index contributed by atoms with van der Waals surface area (Å²) in [7, 11) is 2.14. The predicted octanol–water partition coefficient (Wildman–Crippen LogP) is 2.15. The normalized spacial score (nSPS) is 20.1. The highest BCUT2D eigenvalue weighted by molar-refractivity contribution is 5.78. The van der Waals surface area contributed by atoms with Gasteiger partial charge in [-0.15, -0.1) is 0 Å². The van der Waals surface area contributed by atoms with Crippen LogP contribution in [0.15, 0.2) is 24.5 Å². The second-order valence-electron chi connectivity index (χ2n) is 7.40. The average Bonchev–Trinajstić information content (AvgIpc) is 3.25. The summed E-state index contributed by atoms with van der Waals surface area (Å²) in [5.41, 5.74) is 3.70. The molecule has 0 bridgehead atoms. The van der Waals surface area contributed by atoms with Crippen molar-refractivity contribution >= 4 is 5.91 Å². The molecule has 6 nitrogen and oxygen atoms in total. The number of imidazole rings is 1. The van der Waals surface area contributed by atoms with Crippen molar-refractivity contribution in [3.63, 3.8) is 0 Å². The minimum Gasteiger partial charge on any atom is -0.351 e. The van der Waals surface area contributed by atoms with Crippen LogP contribution >= 0.6 is 0 Å². The number of nitrogens with zero attached hydrogens (tertiary/aromatic N) is 4. The van der Waals surface area contributed by atoms with Crippen LogP contribution in [-0.4, -0.2) is 38.4 Å². The van der Waals surface area contributed by atoms with Crippen molar-refractivity contribution in [2.24, 2.45) is 7.05 Å². The summed E-state index contributed by atoms with van der Waals surface area (Å²) in [6.45, 7) is 1.92. The van der Waals surface area contributed by atoms with Gasteiger partial charge in [0.05, 0.1) is 18.3 Å². The summed E-state index contributed by atoms with van der Waals surface area (Å²) >= 11 is 0. The predicted molar refractivity (Wildman–Crippen MR) is 99.5 cm³/mol. The van der Waals surface area contributed by atoms with Crippen LogP contribution in [0.5, 0.6) is 0 Å². The molecule has 0 radical (unpaired) electrons. The molecule has 138 valence electrons. The van der Waals surface area contributed by atoms with Crippen molar-refractivity contribution in [1.29, 1.82) is 0 Å². The van der Waals surface area contributed by atoms with Crippen LogP contribution in [0.3, 0.4) is 0 Å². The van der Waals surface area contributed by atoms with Gasteiger partial charge in [-0.3, -0.25) is 14.7 Å². The molecule has 1 amide bonds. The monoisotopic (exact) mass is 353 g/mol. The number of carbonyl (C=O) groups excluding carboxylic acids is 1. The van der Waals surface area contributed by atoms with Crippen molar-refractivity contribution in [1.82, 2.24) is 24.8 Å². The lowest BCUT2D eigenvalue weighted by atomic mass is 10.0. The number of aryl methyl sites for hydroxylation is 1. The van der Waals surface area contributed by atoms with Gasteiger partial charge >= 0.3 is 0 Å². The SMILES string of the molecule is Cn1c(C2CCCN2CC(=O)NCc2cccnc2)nc2c1CCCC2. The van der Waals surface area contributed by atoms with Crippen molar-refractivity contribution in [3.05, 3.63) is 47.3 Å². The Hall–Kier alpha value is -2.21. The number of hydrogen-bond donors (Lipinski definition) is 1. The molecular weight excluding hydrogens is 326 g/mol. The highest BCUT2D eigenvalue weighted by atomic mass is 16.2. The fourth-order valence-electron chi connectivity index (χ4n) is 4.26. The summed E-state index contributed by atoms with van der Waals surface area (Å²) in [4.78, 5) is 23.8. The number of pyridine rings is 1. The van der Waals surface area contributed by atoms with Gasteiger partial charge in [-0.2, -0.15) is 0 Å². The maximum Gasteiger partial charge on any atom is 0.234 e. The number of carbonyl (C=O) groups is 1. The summed E-state index contributed by atoms with van der Waals surface area (Å²) in [5, 5.41) is 3.01. The number of rotatable bonds is 5. The van der Waals surface area contributed by atoms with E-state index >= 15 is 0 Å². The van der Waals surface area contributed by atoms with E-state index in [-0.39, 0.29) is 11.9 Å². The highest BCUT2D eigenvalue weighted by Crippen LogP contribution is 2.33. The van der Waals surface area contributed by atoms with E-state index in [0.29, 0.717) is 13.1 Å². The van der Waals surface area contributed by atoms with Crippen LogP contribution in [0, 0.1) is 0 Å². The van der Waals surface area contributed by atoms with Crippen LogP contribution in [0.1, 0.15) is 54.5 Å². The molecule has 1 fully saturated rings. The van der Waals surface area contributed by atoms with Crippen molar-refractivity contribution in [2.75, 3.05) is 13.1 Å². The van der Waals surface area contributed by atoms with E-state index in [2.05, 4.69) is 26.8 Å². The van der Waals surface area contributed by atoms with Gasteiger partial charge in [-0.25, -0.2) is 4.98 Å². The lowest BCUT2D eigenvalue weighted by Crippen LogP contribution is -2.37. The first kappa shape index (κ1) is 17.2. The fraction of sp³-hybridized carbons (Fsp3) is 0.550. The lowest BCUT2D eigenvalue weighted by molar-refractivity contribution is -0.122. The fourth-order valence-corrected chi connectivity index (χ4v) is 4.26. The maximum absolute atomic E-state index is 12.4. The summed E-state index contributed by atoms with van der Waals surface area (Å²) in [6.07, 6.45) is 10.5. The Labute approximate surface area is 154 Å². The molecule has 1 aliphatic carbocycles. The molecule has 26 heavy (non-hydrogen) atoms. The minimum absolute atomic E-state index is 0.0692. The number of aromatic nitrogens is 3. The van der Waals surface area contributed by atoms with E-state index in [1.807, 2.05) is 12.1 Å². The number of amides is 1. The summed E-state index contributed by atoms with van der Waals surface area (Å²) in [6, 6.07) is 4.13. The smallest absolute Gasteiger partial charge is 0.234 e. The van der Waals surface area contributed by atoms with Crippen LogP contribution in [0.4, 0.5) is 0 Å². The molecule has 1 saturated heterocycles. The number of nitrogens with one attached hydrogen (secondary N) is 1. The Balaban J connectivity index is 1.40. The van der Waals surface area contributed by atoms with E-state index in [9.17, 15) is 4.79 Å². The van der Waals surface area contributed by atoms with Crippen molar-refractivity contribution in [3.8, 4) is 0 Å². The Morgan fingerprint density at radius 3 is 3.00 bits per heavy atom. The second kappa shape index (κ2) is 7.58. The minimum atomic E-state index is 0.0692. The first-order chi connectivity index (χ1) is 12.7. The van der Waals surface area contributed by atoms with E-state index in [4.69, 9.17) is 4.98 Å². The molecule has 1 unspecified atom stereocenters. The lowest BCUT2D eigenvalue weighted by Gasteiger charge is -2.23. The zero-order chi connectivity index (χ0) is 17.9. The van der Waals surface area contributed by atoms with Crippen LogP contribution in [0.2, 0.25) is 0 Å². The standard InChI is InChI=1S/C20H27N5O/c1-24-17-8-3-2-7-16(17)23-20(24)18-9-5-11-25(18)14-19(26)22-13-15-6-4-10-21-12-15/h4,6,10,12,18H,2-3,5,7-9,11,13-14H2,1H3,(H,22,26). The Morgan fingerprint density at radius 2 is 2.19 bits per heavy atom. The average molecular weight is 353 g/mol. The summed E-state index contributed by atoms with van der Waals surface area (Å²) in [5.74, 6) is 1.22. The maximum atomic E-state index is 12.4. The quantitative estimate of drug-likeness (QED) is 0.895. The molecule has 1 atom stereocenters. The largest absolute Gasteiger partial charge is 0.351 e. The Kier molecular flexibility index (Phi) is 5.02. The number of fused-ring (bicyclic) bond motifs is 1. The summed E-state index contributed by atoms with van der Waals surface area (Å²) < 4.78 is 2.30. The van der Waals surface area contributed by atoms with E-state index < -0.39 is 0 Å².